The van der Waals surface area contributed by atoms with Crippen LogP contribution in [0.1, 0.15) is 18.1 Å². The van der Waals surface area contributed by atoms with Crippen LogP contribution < -0.4 is 0 Å². The average Bonchev–Trinajstić information content (AvgIpc) is 2.40. The van der Waals surface area contributed by atoms with Crippen molar-refractivity contribution in [2.75, 3.05) is 6.61 Å². The Kier molecular flexibility index (Phi) is 3.94. The molecule has 0 aliphatic carbocycles. The molecule has 0 amide bonds. The molecule has 0 saturated carbocycles. The molecule has 17 heavy (non-hydrogen) atoms. The molecule has 0 atom stereocenters. The van der Waals surface area contributed by atoms with Crippen molar-refractivity contribution in [3.05, 3.63) is 59.7 Å². The van der Waals surface area contributed by atoms with Crippen LogP contribution in [0.5, 0.6) is 0 Å². The molecule has 0 heterocycles. The van der Waals surface area contributed by atoms with Crippen LogP contribution in [0.4, 0.5) is 0 Å². The molecule has 0 aliphatic heterocycles. The summed E-state index contributed by atoms with van der Waals surface area (Å²) in [7, 11) is 0. The molecule has 1 N–H and O–H groups in total. The highest BCUT2D eigenvalue weighted by Crippen LogP contribution is 2.20. The lowest BCUT2D eigenvalue weighted by Gasteiger charge is -2.04. The van der Waals surface area contributed by atoms with Crippen LogP contribution in [0, 0.1) is 0 Å². The van der Waals surface area contributed by atoms with Crippen molar-refractivity contribution < 1.29 is 5.11 Å². The Morgan fingerprint density at radius 1 is 0.765 bits per heavy atom. The minimum absolute atomic E-state index is 0.213. The lowest BCUT2D eigenvalue weighted by Crippen LogP contribution is -1.90. The maximum Gasteiger partial charge on any atom is 0.0471 e. The van der Waals surface area contributed by atoms with Gasteiger partial charge in [0.05, 0.1) is 0 Å². The van der Waals surface area contributed by atoms with Gasteiger partial charge in [0, 0.05) is 6.61 Å². The number of rotatable bonds is 4. The predicted molar refractivity (Wildman–Crippen MR) is 72.0 cm³/mol. The first-order valence-electron chi connectivity index (χ1n) is 6.12. The van der Waals surface area contributed by atoms with E-state index in [1.54, 1.807) is 0 Å². The van der Waals surface area contributed by atoms with Crippen molar-refractivity contribution in [2.45, 2.75) is 19.8 Å². The fourth-order valence-electron chi connectivity index (χ4n) is 1.93. The number of aliphatic hydroxyl groups excluding tert-OH is 1. The molecule has 1 heteroatoms. The average molecular weight is 226 g/mol. The van der Waals surface area contributed by atoms with Crippen LogP contribution in [0.3, 0.4) is 0 Å². The van der Waals surface area contributed by atoms with Gasteiger partial charge in [-0.3, -0.25) is 0 Å². The molecule has 2 aromatic rings. The van der Waals surface area contributed by atoms with Gasteiger partial charge < -0.3 is 5.11 Å². The minimum atomic E-state index is 0.213. The summed E-state index contributed by atoms with van der Waals surface area (Å²) in [6.45, 7) is 2.38. The van der Waals surface area contributed by atoms with E-state index in [1.807, 2.05) is 0 Å². The van der Waals surface area contributed by atoms with Crippen molar-refractivity contribution in [1.29, 1.82) is 0 Å². The third-order valence-corrected chi connectivity index (χ3v) is 3.05. The number of hydrogen-bond donors (Lipinski definition) is 1. The molecule has 0 bridgehead atoms. The van der Waals surface area contributed by atoms with E-state index in [9.17, 15) is 0 Å². The molecule has 0 radical (unpaired) electrons. The van der Waals surface area contributed by atoms with Crippen molar-refractivity contribution in [2.24, 2.45) is 0 Å². The molecular weight excluding hydrogens is 208 g/mol. The van der Waals surface area contributed by atoms with Gasteiger partial charge in [0.2, 0.25) is 0 Å². The third kappa shape index (κ3) is 2.95. The van der Waals surface area contributed by atoms with Crippen LogP contribution in [-0.2, 0) is 12.8 Å². The molecule has 0 saturated heterocycles. The van der Waals surface area contributed by atoms with Gasteiger partial charge in [0.1, 0.15) is 0 Å². The number of aryl methyl sites for hydroxylation is 1. The van der Waals surface area contributed by atoms with Crippen LogP contribution in [0.2, 0.25) is 0 Å². The summed E-state index contributed by atoms with van der Waals surface area (Å²) < 4.78 is 0. The normalized spacial score (nSPS) is 10.5. The summed E-state index contributed by atoms with van der Waals surface area (Å²) in [5.74, 6) is 0. The van der Waals surface area contributed by atoms with Crippen molar-refractivity contribution >= 4 is 0 Å². The van der Waals surface area contributed by atoms with E-state index < -0.39 is 0 Å². The van der Waals surface area contributed by atoms with Crippen molar-refractivity contribution in [3.8, 4) is 11.1 Å². The zero-order chi connectivity index (χ0) is 12.1. The summed E-state index contributed by atoms with van der Waals surface area (Å²) in [4.78, 5) is 0. The number of benzene rings is 2. The number of hydrogen-bond acceptors (Lipinski definition) is 1. The van der Waals surface area contributed by atoms with E-state index in [1.165, 1.54) is 22.3 Å². The Balaban J connectivity index is 2.20. The Bertz CT molecular complexity index is 454. The fraction of sp³-hybridized carbons (Fsp3) is 0.250. The van der Waals surface area contributed by atoms with Crippen LogP contribution >= 0.6 is 0 Å². The molecular formula is C16H18O. The molecule has 0 fully saturated rings. The molecule has 0 aromatic heterocycles. The van der Waals surface area contributed by atoms with Crippen LogP contribution in [0.25, 0.3) is 11.1 Å². The summed E-state index contributed by atoms with van der Waals surface area (Å²) in [6, 6.07) is 17.1. The van der Waals surface area contributed by atoms with Gasteiger partial charge in [0.15, 0.2) is 0 Å². The third-order valence-electron chi connectivity index (χ3n) is 3.05. The Morgan fingerprint density at radius 2 is 1.24 bits per heavy atom. The Morgan fingerprint density at radius 3 is 1.65 bits per heavy atom. The quantitative estimate of drug-likeness (QED) is 0.846. The van der Waals surface area contributed by atoms with Gasteiger partial charge in [-0.15, -0.1) is 0 Å². The van der Waals surface area contributed by atoms with Crippen LogP contribution in [0.15, 0.2) is 48.5 Å². The maximum absolute atomic E-state index is 8.86. The second kappa shape index (κ2) is 5.65. The van der Waals surface area contributed by atoms with E-state index in [0.29, 0.717) is 0 Å². The van der Waals surface area contributed by atoms with E-state index in [0.717, 1.165) is 12.8 Å². The predicted octanol–water partition coefficient (Wildman–Crippen LogP) is 3.45. The zero-order valence-corrected chi connectivity index (χ0v) is 10.2. The molecule has 88 valence electrons. The molecule has 1 nitrogen and oxygen atoms in total. The smallest absolute Gasteiger partial charge is 0.0471 e. The zero-order valence-electron chi connectivity index (χ0n) is 10.2. The standard InChI is InChI=1S/C16H18O/c1-2-13-3-7-15(8-4-13)16-9-5-14(6-10-16)11-12-17/h3-10,17H,2,11-12H2,1H3. The summed E-state index contributed by atoms with van der Waals surface area (Å²) in [5, 5.41) is 8.86. The van der Waals surface area contributed by atoms with Gasteiger partial charge in [-0.05, 0) is 35.1 Å². The first kappa shape index (κ1) is 11.9. The van der Waals surface area contributed by atoms with Gasteiger partial charge in [-0.1, -0.05) is 55.5 Å². The minimum Gasteiger partial charge on any atom is -0.396 e. The molecule has 2 rings (SSSR count). The monoisotopic (exact) mass is 226 g/mol. The van der Waals surface area contributed by atoms with E-state index in [-0.39, 0.29) is 6.61 Å². The molecule has 0 spiro atoms. The summed E-state index contributed by atoms with van der Waals surface area (Å²) >= 11 is 0. The van der Waals surface area contributed by atoms with Gasteiger partial charge in [-0.25, -0.2) is 0 Å². The highest BCUT2D eigenvalue weighted by Gasteiger charge is 1.98. The van der Waals surface area contributed by atoms with Crippen molar-refractivity contribution in [3.63, 3.8) is 0 Å². The lowest BCUT2D eigenvalue weighted by atomic mass is 10.0. The number of aliphatic hydroxyl groups is 1. The maximum atomic E-state index is 8.86. The van der Waals surface area contributed by atoms with Crippen molar-refractivity contribution in [1.82, 2.24) is 0 Å². The first-order chi connectivity index (χ1) is 8.33. The molecule has 0 unspecified atom stereocenters. The second-order valence-corrected chi connectivity index (χ2v) is 4.22. The molecule has 2 aromatic carbocycles. The van der Waals surface area contributed by atoms with E-state index in [2.05, 4.69) is 55.5 Å². The van der Waals surface area contributed by atoms with Gasteiger partial charge in [-0.2, -0.15) is 0 Å². The fourth-order valence-corrected chi connectivity index (χ4v) is 1.93. The first-order valence-corrected chi connectivity index (χ1v) is 6.12. The summed E-state index contributed by atoms with van der Waals surface area (Å²) in [6.07, 6.45) is 1.81. The Labute approximate surface area is 103 Å². The molecule has 0 aliphatic rings. The van der Waals surface area contributed by atoms with Crippen LogP contribution in [-0.4, -0.2) is 11.7 Å². The summed E-state index contributed by atoms with van der Waals surface area (Å²) in [5.41, 5.74) is 5.03. The van der Waals surface area contributed by atoms with Gasteiger partial charge >= 0.3 is 0 Å². The highest BCUT2D eigenvalue weighted by molar-refractivity contribution is 5.63. The topological polar surface area (TPSA) is 20.2 Å². The largest absolute Gasteiger partial charge is 0.396 e. The van der Waals surface area contributed by atoms with Gasteiger partial charge in [0.25, 0.3) is 0 Å². The van der Waals surface area contributed by atoms with E-state index in [4.69, 9.17) is 5.11 Å². The van der Waals surface area contributed by atoms with E-state index >= 15 is 0 Å². The Hall–Kier alpha value is -1.60. The SMILES string of the molecule is CCc1ccc(-c2ccc(CCO)cc2)cc1. The highest BCUT2D eigenvalue weighted by atomic mass is 16.2. The second-order valence-electron chi connectivity index (χ2n) is 4.22. The lowest BCUT2D eigenvalue weighted by molar-refractivity contribution is 0.299.